The van der Waals surface area contributed by atoms with Gasteiger partial charge in [0.15, 0.2) is 0 Å². The van der Waals surface area contributed by atoms with Gasteiger partial charge in [0.2, 0.25) is 11.8 Å². The molecule has 0 radical (unpaired) electrons. The number of rotatable bonds is 8. The first kappa shape index (κ1) is 23.5. The summed E-state index contributed by atoms with van der Waals surface area (Å²) in [5.41, 5.74) is 1.11. The van der Waals surface area contributed by atoms with Crippen molar-refractivity contribution >= 4 is 47.0 Å². The van der Waals surface area contributed by atoms with Gasteiger partial charge >= 0.3 is 0 Å². The summed E-state index contributed by atoms with van der Waals surface area (Å²) < 4.78 is 0. The van der Waals surface area contributed by atoms with Gasteiger partial charge in [-0.1, -0.05) is 6.07 Å². The van der Waals surface area contributed by atoms with Crippen LogP contribution in [0.2, 0.25) is 0 Å². The highest BCUT2D eigenvalue weighted by atomic mass is 16.6. The van der Waals surface area contributed by atoms with Crippen LogP contribution in [0, 0.1) is 20.2 Å². The largest absolute Gasteiger partial charge is 0.307 e. The van der Waals surface area contributed by atoms with Crippen LogP contribution in [0.5, 0.6) is 0 Å². The molecule has 1 aromatic heterocycles. The Hall–Kier alpha value is -5.19. The van der Waals surface area contributed by atoms with Crippen molar-refractivity contribution in [1.82, 2.24) is 4.98 Å². The molecular formula is C23H17N5O6. The van der Waals surface area contributed by atoms with Gasteiger partial charge in [-0.2, -0.15) is 0 Å². The predicted octanol–water partition coefficient (Wildman–Crippen LogP) is 4.20. The number of carbonyl (C=O) groups excluding carboxylic acids is 2. The molecule has 2 amide bonds. The van der Waals surface area contributed by atoms with E-state index in [2.05, 4.69) is 15.6 Å². The smallest absolute Gasteiger partial charge is 0.269 e. The van der Waals surface area contributed by atoms with E-state index in [9.17, 15) is 29.8 Å². The molecule has 34 heavy (non-hydrogen) atoms. The number of nitrogens with one attached hydrogen (secondary N) is 2. The van der Waals surface area contributed by atoms with Crippen molar-refractivity contribution in [2.45, 2.75) is 0 Å². The van der Waals surface area contributed by atoms with E-state index in [1.807, 2.05) is 0 Å². The molecule has 170 valence electrons. The maximum atomic E-state index is 12.1. The molecule has 0 atom stereocenters. The molecule has 0 spiro atoms. The lowest BCUT2D eigenvalue weighted by Crippen LogP contribution is -2.12. The van der Waals surface area contributed by atoms with Gasteiger partial charge in [-0.25, -0.2) is 4.98 Å². The molecule has 0 aliphatic carbocycles. The first-order valence-corrected chi connectivity index (χ1v) is 9.74. The van der Waals surface area contributed by atoms with Crippen LogP contribution < -0.4 is 10.6 Å². The van der Waals surface area contributed by atoms with Gasteiger partial charge in [0.25, 0.3) is 11.4 Å². The number of carbonyl (C=O) groups is 2. The van der Waals surface area contributed by atoms with E-state index < -0.39 is 21.7 Å². The summed E-state index contributed by atoms with van der Waals surface area (Å²) in [4.78, 5) is 48.7. The lowest BCUT2D eigenvalue weighted by molar-refractivity contribution is -0.385. The first-order chi connectivity index (χ1) is 16.3. The molecule has 11 heteroatoms. The second-order valence-electron chi connectivity index (χ2n) is 6.75. The number of amides is 2. The van der Waals surface area contributed by atoms with E-state index in [1.54, 1.807) is 18.2 Å². The minimum atomic E-state index is -0.511. The third-order valence-corrected chi connectivity index (χ3v) is 4.31. The molecule has 3 rings (SSSR count). The van der Waals surface area contributed by atoms with Gasteiger partial charge in [0.1, 0.15) is 11.6 Å². The average molecular weight is 459 g/mol. The molecule has 0 unspecified atom stereocenters. The number of nitro benzene ring substituents is 2. The third kappa shape index (κ3) is 6.92. The van der Waals surface area contributed by atoms with Crippen molar-refractivity contribution in [2.75, 3.05) is 10.6 Å². The molecule has 0 saturated heterocycles. The highest BCUT2D eigenvalue weighted by Gasteiger charge is 2.06. The lowest BCUT2D eigenvalue weighted by Gasteiger charge is -2.05. The first-order valence-electron chi connectivity index (χ1n) is 9.74. The van der Waals surface area contributed by atoms with Crippen molar-refractivity contribution in [1.29, 1.82) is 0 Å². The van der Waals surface area contributed by atoms with Gasteiger partial charge in [-0.3, -0.25) is 29.8 Å². The van der Waals surface area contributed by atoms with Crippen molar-refractivity contribution < 1.29 is 19.4 Å². The number of aromatic nitrogens is 1. The molecule has 0 saturated carbocycles. The summed E-state index contributed by atoms with van der Waals surface area (Å²) in [5.74, 6) is -0.550. The van der Waals surface area contributed by atoms with Crippen LogP contribution in [0.3, 0.4) is 0 Å². The molecule has 0 fully saturated rings. The zero-order valence-electron chi connectivity index (χ0n) is 17.5. The number of hydrogen-bond donors (Lipinski definition) is 2. The molecule has 1 heterocycles. The van der Waals surface area contributed by atoms with Gasteiger partial charge < -0.3 is 10.6 Å². The van der Waals surface area contributed by atoms with Crippen LogP contribution in [-0.4, -0.2) is 26.6 Å². The molecular weight excluding hydrogens is 442 g/mol. The zero-order chi connectivity index (χ0) is 24.5. The number of benzene rings is 2. The maximum absolute atomic E-state index is 12.1. The van der Waals surface area contributed by atoms with Crippen LogP contribution in [0.1, 0.15) is 11.1 Å². The molecule has 0 bridgehead atoms. The molecule has 11 nitrogen and oxygen atoms in total. The fourth-order valence-corrected chi connectivity index (χ4v) is 2.67. The minimum absolute atomic E-state index is 0.0488. The Kier molecular flexibility index (Phi) is 7.53. The molecule has 0 aliphatic rings. The highest BCUT2D eigenvalue weighted by molar-refractivity contribution is 6.03. The predicted molar refractivity (Wildman–Crippen MR) is 126 cm³/mol. The summed E-state index contributed by atoms with van der Waals surface area (Å²) in [6.45, 7) is 0. The lowest BCUT2D eigenvalue weighted by atomic mass is 10.2. The Morgan fingerprint density at radius 1 is 0.676 bits per heavy atom. The summed E-state index contributed by atoms with van der Waals surface area (Å²) >= 11 is 0. The second-order valence-corrected chi connectivity index (χ2v) is 6.75. The Morgan fingerprint density at radius 3 is 1.41 bits per heavy atom. The number of anilines is 2. The van der Waals surface area contributed by atoms with E-state index in [1.165, 1.54) is 72.8 Å². The summed E-state index contributed by atoms with van der Waals surface area (Å²) in [5, 5.41) is 26.5. The SMILES string of the molecule is O=C(/C=C\c1ccc([N+](=O)[O-])cc1)Nc1cccc(NC(=O)/C=C/c2ccc([N+](=O)[O-])cc2)n1. The quantitative estimate of drug-likeness (QED) is 0.290. The molecule has 0 aliphatic heterocycles. The number of non-ortho nitro benzene ring substituents is 2. The fourth-order valence-electron chi connectivity index (χ4n) is 2.67. The molecule has 3 aromatic rings. The van der Waals surface area contributed by atoms with Crippen LogP contribution in [0.15, 0.2) is 78.9 Å². The van der Waals surface area contributed by atoms with Gasteiger partial charge in [0.05, 0.1) is 9.85 Å². The van der Waals surface area contributed by atoms with Crippen molar-refractivity contribution in [3.63, 3.8) is 0 Å². The van der Waals surface area contributed by atoms with Crippen molar-refractivity contribution in [3.8, 4) is 0 Å². The number of nitro groups is 2. The summed E-state index contributed by atoms with van der Waals surface area (Å²) in [7, 11) is 0. The number of pyridine rings is 1. The standard InChI is InChI=1S/C23H17N5O6/c29-22(14-8-16-4-10-18(11-5-16)27(31)32)25-20-2-1-3-21(24-20)26-23(30)15-9-17-6-12-19(13-7-17)28(33)34/h1-15H,(H2,24,25,26,29,30)/b14-8-,15-9+. The summed E-state index contributed by atoms with van der Waals surface area (Å²) in [6, 6.07) is 16.1. The Morgan fingerprint density at radius 2 is 1.06 bits per heavy atom. The van der Waals surface area contributed by atoms with Crippen LogP contribution in [0.4, 0.5) is 23.0 Å². The maximum Gasteiger partial charge on any atom is 0.269 e. The van der Waals surface area contributed by atoms with Gasteiger partial charge in [-0.05, 0) is 59.7 Å². The van der Waals surface area contributed by atoms with Crippen LogP contribution >= 0.6 is 0 Å². The Labute approximate surface area is 192 Å². The third-order valence-electron chi connectivity index (χ3n) is 4.31. The Bertz CT molecular complexity index is 1190. The van der Waals surface area contributed by atoms with Crippen molar-refractivity contribution in [3.05, 3.63) is 110 Å². The fraction of sp³-hybridized carbons (Fsp3) is 0. The normalized spacial score (nSPS) is 10.8. The Balaban J connectivity index is 1.56. The topological polar surface area (TPSA) is 157 Å². The minimum Gasteiger partial charge on any atom is -0.307 e. The van der Waals surface area contributed by atoms with E-state index in [-0.39, 0.29) is 23.0 Å². The van der Waals surface area contributed by atoms with E-state index in [0.717, 1.165) is 0 Å². The molecule has 2 aromatic carbocycles. The van der Waals surface area contributed by atoms with E-state index in [4.69, 9.17) is 0 Å². The average Bonchev–Trinajstić information content (AvgIpc) is 2.82. The second kappa shape index (κ2) is 10.9. The van der Waals surface area contributed by atoms with E-state index >= 15 is 0 Å². The number of nitrogens with zero attached hydrogens (tertiary/aromatic N) is 3. The summed E-state index contributed by atoms with van der Waals surface area (Å²) in [6.07, 6.45) is 5.49. The number of hydrogen-bond acceptors (Lipinski definition) is 7. The van der Waals surface area contributed by atoms with Gasteiger partial charge in [-0.15, -0.1) is 0 Å². The van der Waals surface area contributed by atoms with Crippen LogP contribution in [0.25, 0.3) is 12.2 Å². The van der Waals surface area contributed by atoms with E-state index in [0.29, 0.717) is 11.1 Å². The highest BCUT2D eigenvalue weighted by Crippen LogP contribution is 2.15. The molecule has 2 N–H and O–H groups in total. The van der Waals surface area contributed by atoms with Crippen molar-refractivity contribution in [2.24, 2.45) is 0 Å². The zero-order valence-corrected chi connectivity index (χ0v) is 17.5. The van der Waals surface area contributed by atoms with Gasteiger partial charge in [0, 0.05) is 36.4 Å². The van der Waals surface area contributed by atoms with Crippen LogP contribution in [-0.2, 0) is 9.59 Å². The monoisotopic (exact) mass is 459 g/mol.